The number of hydrogen-bond donors (Lipinski definition) is 1. The van der Waals surface area contributed by atoms with E-state index in [9.17, 15) is 4.79 Å². The van der Waals surface area contributed by atoms with E-state index in [2.05, 4.69) is 39.5 Å². The first-order valence-corrected chi connectivity index (χ1v) is 7.20. The molecule has 0 spiro atoms. The number of aryl methyl sites for hydroxylation is 1. The highest BCUT2D eigenvalue weighted by atomic mass is 16.4. The number of nitrogens with zero attached hydrogens (tertiary/aromatic N) is 4. The molecule has 0 amide bonds. The topological polar surface area (TPSA) is 71.2 Å². The molecule has 1 aliphatic heterocycles. The van der Waals surface area contributed by atoms with Gasteiger partial charge >= 0.3 is 5.97 Å². The Labute approximate surface area is 123 Å². The first-order valence-electron chi connectivity index (χ1n) is 7.20. The van der Waals surface area contributed by atoms with Crippen LogP contribution in [0, 0.1) is 0 Å². The van der Waals surface area contributed by atoms with Gasteiger partial charge in [0, 0.05) is 18.8 Å². The molecule has 21 heavy (non-hydrogen) atoms. The van der Waals surface area contributed by atoms with E-state index in [1.807, 2.05) is 0 Å². The van der Waals surface area contributed by atoms with Gasteiger partial charge < -0.3 is 10.0 Å². The molecule has 1 aliphatic rings. The van der Waals surface area contributed by atoms with Crippen LogP contribution < -0.4 is 4.90 Å². The van der Waals surface area contributed by atoms with Crippen molar-refractivity contribution >= 4 is 11.7 Å². The van der Waals surface area contributed by atoms with E-state index in [1.165, 1.54) is 30.3 Å². The molecule has 1 aromatic carbocycles. The number of carboxylic acid groups (broad SMARTS) is 1. The molecule has 2 aromatic rings. The van der Waals surface area contributed by atoms with Gasteiger partial charge in [-0.15, -0.1) is 5.10 Å². The minimum atomic E-state index is -1.04. The number of hydrogen-bond acceptors (Lipinski definition) is 4. The highest BCUT2D eigenvalue weighted by Gasteiger charge is 2.15. The minimum absolute atomic E-state index is 0.00809. The fourth-order valence-corrected chi connectivity index (χ4v) is 2.73. The quantitative estimate of drug-likeness (QED) is 0.928. The molecule has 0 saturated carbocycles. The normalized spacial score (nSPS) is 14.6. The van der Waals surface area contributed by atoms with E-state index in [0.29, 0.717) is 6.54 Å². The Morgan fingerprint density at radius 3 is 2.90 bits per heavy atom. The average Bonchev–Trinajstić information content (AvgIpc) is 2.87. The Bertz CT molecular complexity index is 638. The number of anilines is 1. The zero-order valence-electron chi connectivity index (χ0n) is 11.8. The van der Waals surface area contributed by atoms with E-state index < -0.39 is 5.97 Å². The van der Waals surface area contributed by atoms with Gasteiger partial charge in [0.15, 0.2) is 5.69 Å². The van der Waals surface area contributed by atoms with Crippen LogP contribution in [0.1, 0.15) is 28.9 Å². The van der Waals surface area contributed by atoms with Gasteiger partial charge in [-0.2, -0.15) is 0 Å². The lowest BCUT2D eigenvalue weighted by molar-refractivity contribution is 0.0690. The minimum Gasteiger partial charge on any atom is -0.476 e. The first kappa shape index (κ1) is 13.6. The Morgan fingerprint density at radius 2 is 2.10 bits per heavy atom. The summed E-state index contributed by atoms with van der Waals surface area (Å²) < 4.78 is 1.59. The molecule has 3 rings (SSSR count). The Balaban J connectivity index is 1.71. The van der Waals surface area contributed by atoms with Crippen LogP contribution in [0.2, 0.25) is 0 Å². The average molecular weight is 286 g/mol. The molecule has 6 nitrogen and oxygen atoms in total. The summed E-state index contributed by atoms with van der Waals surface area (Å²) in [6.45, 7) is 2.46. The summed E-state index contributed by atoms with van der Waals surface area (Å²) in [6, 6.07) is 8.49. The fraction of sp³-hybridized carbons (Fsp3) is 0.400. The molecule has 0 radical (unpaired) electrons. The summed E-state index contributed by atoms with van der Waals surface area (Å²) >= 11 is 0. The van der Waals surface area contributed by atoms with Crippen LogP contribution in [-0.4, -0.2) is 39.2 Å². The van der Waals surface area contributed by atoms with Crippen molar-refractivity contribution in [1.29, 1.82) is 0 Å². The Kier molecular flexibility index (Phi) is 3.85. The lowest BCUT2D eigenvalue weighted by atomic mass is 10.1. The Hall–Kier alpha value is -2.37. The van der Waals surface area contributed by atoms with Gasteiger partial charge in [0.1, 0.15) is 0 Å². The number of aromatic carboxylic acids is 1. The number of para-hydroxylation sites is 1. The van der Waals surface area contributed by atoms with Crippen LogP contribution in [0.15, 0.2) is 30.5 Å². The molecular formula is C15H18N4O2. The number of carboxylic acids is 1. The molecule has 0 saturated heterocycles. The van der Waals surface area contributed by atoms with E-state index in [0.717, 1.165) is 19.5 Å². The molecule has 2 heterocycles. The fourth-order valence-electron chi connectivity index (χ4n) is 2.73. The molecule has 1 aromatic heterocycles. The van der Waals surface area contributed by atoms with Crippen molar-refractivity contribution in [3.8, 4) is 0 Å². The zero-order chi connectivity index (χ0) is 14.7. The van der Waals surface area contributed by atoms with Crippen LogP contribution in [0.3, 0.4) is 0 Å². The van der Waals surface area contributed by atoms with Crippen molar-refractivity contribution in [3.63, 3.8) is 0 Å². The van der Waals surface area contributed by atoms with Crippen molar-refractivity contribution in [1.82, 2.24) is 15.0 Å². The highest BCUT2D eigenvalue weighted by molar-refractivity contribution is 5.84. The van der Waals surface area contributed by atoms with Gasteiger partial charge in [0.2, 0.25) is 0 Å². The summed E-state index contributed by atoms with van der Waals surface area (Å²) in [5.41, 5.74) is 2.67. The second kappa shape index (κ2) is 5.95. The summed E-state index contributed by atoms with van der Waals surface area (Å²) in [6.07, 6.45) is 4.98. The van der Waals surface area contributed by atoms with Crippen molar-refractivity contribution < 1.29 is 9.90 Å². The maximum absolute atomic E-state index is 10.8. The summed E-state index contributed by atoms with van der Waals surface area (Å²) in [5.74, 6) is -1.04. The molecule has 1 N–H and O–H groups in total. The summed E-state index contributed by atoms with van der Waals surface area (Å²) in [7, 11) is 0. The Morgan fingerprint density at radius 1 is 1.24 bits per heavy atom. The lowest BCUT2D eigenvalue weighted by Gasteiger charge is -2.24. The van der Waals surface area contributed by atoms with Crippen LogP contribution in [0.25, 0.3) is 0 Å². The molecule has 0 unspecified atom stereocenters. The second-order valence-electron chi connectivity index (χ2n) is 5.24. The molecule has 0 aliphatic carbocycles. The SMILES string of the molecule is O=C(O)c1cn(CCN2CCCCc3ccccc32)nn1. The second-order valence-corrected chi connectivity index (χ2v) is 5.24. The lowest BCUT2D eigenvalue weighted by Crippen LogP contribution is -2.28. The molecule has 6 heteroatoms. The third kappa shape index (κ3) is 3.04. The highest BCUT2D eigenvalue weighted by Crippen LogP contribution is 2.25. The standard InChI is InChI=1S/C15H18N4O2/c20-15(21)13-11-19(17-16-13)10-9-18-8-4-3-6-12-5-1-2-7-14(12)18/h1-2,5,7,11H,3-4,6,8-10H2,(H,20,21). The smallest absolute Gasteiger partial charge is 0.358 e. The summed E-state index contributed by atoms with van der Waals surface area (Å²) in [5, 5.41) is 16.4. The third-order valence-corrected chi connectivity index (χ3v) is 3.81. The number of rotatable bonds is 4. The largest absolute Gasteiger partial charge is 0.476 e. The van der Waals surface area contributed by atoms with E-state index in [1.54, 1.807) is 4.68 Å². The van der Waals surface area contributed by atoms with Crippen molar-refractivity contribution in [2.75, 3.05) is 18.0 Å². The molecule has 0 fully saturated rings. The number of benzene rings is 1. The van der Waals surface area contributed by atoms with Crippen LogP contribution >= 0.6 is 0 Å². The van der Waals surface area contributed by atoms with Crippen LogP contribution in [0.5, 0.6) is 0 Å². The molecule has 0 bridgehead atoms. The maximum atomic E-state index is 10.8. The predicted molar refractivity (Wildman–Crippen MR) is 78.6 cm³/mol. The van der Waals surface area contributed by atoms with Crippen LogP contribution in [0.4, 0.5) is 5.69 Å². The molecule has 0 atom stereocenters. The van der Waals surface area contributed by atoms with E-state index in [-0.39, 0.29) is 5.69 Å². The third-order valence-electron chi connectivity index (χ3n) is 3.81. The van der Waals surface area contributed by atoms with Gasteiger partial charge in [0.05, 0.1) is 12.7 Å². The van der Waals surface area contributed by atoms with Crippen molar-refractivity contribution in [3.05, 3.63) is 41.7 Å². The van der Waals surface area contributed by atoms with Crippen molar-refractivity contribution in [2.24, 2.45) is 0 Å². The first-order chi connectivity index (χ1) is 10.2. The van der Waals surface area contributed by atoms with Gasteiger partial charge in [-0.25, -0.2) is 9.48 Å². The van der Waals surface area contributed by atoms with Gasteiger partial charge in [-0.3, -0.25) is 0 Å². The van der Waals surface area contributed by atoms with Gasteiger partial charge in [0.25, 0.3) is 0 Å². The number of aromatic nitrogens is 3. The number of carbonyl (C=O) groups is 1. The van der Waals surface area contributed by atoms with Crippen molar-refractivity contribution in [2.45, 2.75) is 25.8 Å². The monoisotopic (exact) mass is 286 g/mol. The van der Waals surface area contributed by atoms with E-state index >= 15 is 0 Å². The van der Waals surface area contributed by atoms with E-state index in [4.69, 9.17) is 5.11 Å². The molecular weight excluding hydrogens is 268 g/mol. The van der Waals surface area contributed by atoms with Crippen LogP contribution in [-0.2, 0) is 13.0 Å². The number of fused-ring (bicyclic) bond motifs is 1. The van der Waals surface area contributed by atoms with Gasteiger partial charge in [-0.05, 0) is 30.9 Å². The maximum Gasteiger partial charge on any atom is 0.358 e. The molecule has 110 valence electrons. The summed E-state index contributed by atoms with van der Waals surface area (Å²) in [4.78, 5) is 13.2. The zero-order valence-corrected chi connectivity index (χ0v) is 11.8. The van der Waals surface area contributed by atoms with Gasteiger partial charge in [-0.1, -0.05) is 23.4 Å². The predicted octanol–water partition coefficient (Wildman–Crippen LogP) is 1.82.